The Morgan fingerprint density at radius 2 is 2.24 bits per heavy atom. The number of carbonyl (C=O) groups is 1. The topological polar surface area (TPSA) is 63.2 Å². The number of hydrogen-bond acceptors (Lipinski definition) is 4. The van der Waals surface area contributed by atoms with Crippen molar-refractivity contribution in [3.8, 4) is 0 Å². The summed E-state index contributed by atoms with van der Waals surface area (Å²) in [6.07, 6.45) is 3.31. The molecule has 5 heteroatoms. The first kappa shape index (κ1) is 13.6. The largest absolute Gasteiger partial charge is 0.383 e. The second kappa shape index (κ2) is 7.76. The summed E-state index contributed by atoms with van der Waals surface area (Å²) in [5.41, 5.74) is 1.56. The van der Waals surface area contributed by atoms with Gasteiger partial charge in [-0.1, -0.05) is 0 Å². The molecule has 0 aromatic carbocycles. The third-order valence-electron chi connectivity index (χ3n) is 2.34. The molecular formula is C12H19N3O2. The molecule has 0 spiro atoms. The van der Waals surface area contributed by atoms with Crippen molar-refractivity contribution in [3.63, 3.8) is 0 Å². The highest BCUT2D eigenvalue weighted by Gasteiger charge is 2.06. The van der Waals surface area contributed by atoms with Crippen LogP contribution in [-0.2, 0) is 4.74 Å². The van der Waals surface area contributed by atoms with Gasteiger partial charge in [0.15, 0.2) is 0 Å². The van der Waals surface area contributed by atoms with E-state index in [-0.39, 0.29) is 5.91 Å². The maximum atomic E-state index is 11.8. The third kappa shape index (κ3) is 4.93. The number of methoxy groups -OCH3 is 1. The summed E-state index contributed by atoms with van der Waals surface area (Å²) >= 11 is 0. The Balaban J connectivity index is 2.24. The Morgan fingerprint density at radius 1 is 1.41 bits per heavy atom. The molecule has 0 aliphatic rings. The van der Waals surface area contributed by atoms with Gasteiger partial charge in [-0.25, -0.2) is 0 Å². The Hall–Kier alpha value is -1.46. The van der Waals surface area contributed by atoms with Crippen LogP contribution < -0.4 is 10.6 Å². The van der Waals surface area contributed by atoms with Gasteiger partial charge in [0.2, 0.25) is 0 Å². The van der Waals surface area contributed by atoms with Gasteiger partial charge in [0.1, 0.15) is 0 Å². The fraction of sp³-hybridized carbons (Fsp3) is 0.500. The van der Waals surface area contributed by atoms with Crippen LogP contribution in [-0.4, -0.2) is 44.2 Å². The van der Waals surface area contributed by atoms with Crippen LogP contribution >= 0.6 is 0 Å². The van der Waals surface area contributed by atoms with Gasteiger partial charge in [0, 0.05) is 44.7 Å². The Bertz CT molecular complexity index is 355. The van der Waals surface area contributed by atoms with E-state index < -0.39 is 0 Å². The lowest BCUT2D eigenvalue weighted by Crippen LogP contribution is -2.33. The Kier molecular flexibility index (Phi) is 6.21. The van der Waals surface area contributed by atoms with Crippen molar-refractivity contribution < 1.29 is 9.53 Å². The molecule has 0 aliphatic heterocycles. The SMILES string of the molecule is COCCNCCNC(=O)c1ccncc1C. The molecule has 5 nitrogen and oxygen atoms in total. The predicted octanol–water partition coefficient (Wildman–Crippen LogP) is 0.356. The smallest absolute Gasteiger partial charge is 0.251 e. The minimum absolute atomic E-state index is 0.0570. The maximum absolute atomic E-state index is 11.8. The van der Waals surface area contributed by atoms with E-state index in [1.54, 1.807) is 25.6 Å². The van der Waals surface area contributed by atoms with Crippen LogP contribution in [0.1, 0.15) is 15.9 Å². The number of aryl methyl sites for hydroxylation is 1. The lowest BCUT2D eigenvalue weighted by atomic mass is 10.1. The van der Waals surface area contributed by atoms with Crippen molar-refractivity contribution in [2.45, 2.75) is 6.92 Å². The minimum atomic E-state index is -0.0570. The molecule has 1 heterocycles. The van der Waals surface area contributed by atoms with E-state index >= 15 is 0 Å². The van der Waals surface area contributed by atoms with E-state index in [0.29, 0.717) is 18.7 Å². The first-order valence-electron chi connectivity index (χ1n) is 5.64. The predicted molar refractivity (Wildman–Crippen MR) is 66.1 cm³/mol. The molecule has 2 N–H and O–H groups in total. The molecule has 0 radical (unpaired) electrons. The number of aromatic nitrogens is 1. The monoisotopic (exact) mass is 237 g/mol. The summed E-state index contributed by atoms with van der Waals surface area (Å²) in [5, 5.41) is 6.00. The van der Waals surface area contributed by atoms with Gasteiger partial charge in [-0.3, -0.25) is 9.78 Å². The Morgan fingerprint density at radius 3 is 2.94 bits per heavy atom. The summed E-state index contributed by atoms with van der Waals surface area (Å²) in [6.45, 7) is 4.68. The molecule has 1 amide bonds. The van der Waals surface area contributed by atoms with Crippen LogP contribution in [0.3, 0.4) is 0 Å². The normalized spacial score (nSPS) is 10.2. The van der Waals surface area contributed by atoms with E-state index in [2.05, 4.69) is 15.6 Å². The van der Waals surface area contributed by atoms with Crippen molar-refractivity contribution in [2.24, 2.45) is 0 Å². The van der Waals surface area contributed by atoms with Crippen LogP contribution in [0.2, 0.25) is 0 Å². The van der Waals surface area contributed by atoms with Gasteiger partial charge < -0.3 is 15.4 Å². The zero-order valence-electron chi connectivity index (χ0n) is 10.3. The number of nitrogens with zero attached hydrogens (tertiary/aromatic N) is 1. The fourth-order valence-corrected chi connectivity index (χ4v) is 1.39. The van der Waals surface area contributed by atoms with E-state index in [9.17, 15) is 4.79 Å². The van der Waals surface area contributed by atoms with Crippen LogP contribution in [0, 0.1) is 6.92 Å². The van der Waals surface area contributed by atoms with Crippen LogP contribution in [0.25, 0.3) is 0 Å². The van der Waals surface area contributed by atoms with Crippen molar-refractivity contribution in [2.75, 3.05) is 33.4 Å². The zero-order chi connectivity index (χ0) is 12.5. The van der Waals surface area contributed by atoms with E-state index in [0.717, 1.165) is 18.7 Å². The fourth-order valence-electron chi connectivity index (χ4n) is 1.39. The van der Waals surface area contributed by atoms with E-state index in [1.807, 2.05) is 6.92 Å². The number of rotatable bonds is 7. The summed E-state index contributed by atoms with van der Waals surface area (Å²) in [4.78, 5) is 15.7. The van der Waals surface area contributed by atoms with Crippen molar-refractivity contribution >= 4 is 5.91 Å². The van der Waals surface area contributed by atoms with Gasteiger partial charge in [-0.15, -0.1) is 0 Å². The van der Waals surface area contributed by atoms with Gasteiger partial charge in [0.25, 0.3) is 5.91 Å². The van der Waals surface area contributed by atoms with E-state index in [4.69, 9.17) is 4.74 Å². The van der Waals surface area contributed by atoms with Crippen molar-refractivity contribution in [3.05, 3.63) is 29.6 Å². The van der Waals surface area contributed by atoms with Gasteiger partial charge in [-0.05, 0) is 18.6 Å². The summed E-state index contributed by atoms with van der Waals surface area (Å²) in [5.74, 6) is -0.0570. The van der Waals surface area contributed by atoms with Gasteiger partial charge in [-0.2, -0.15) is 0 Å². The lowest BCUT2D eigenvalue weighted by Gasteiger charge is -2.07. The van der Waals surface area contributed by atoms with Gasteiger partial charge in [0.05, 0.1) is 6.61 Å². The second-order valence-corrected chi connectivity index (χ2v) is 3.69. The molecule has 0 atom stereocenters. The average Bonchev–Trinajstić information content (AvgIpc) is 2.34. The number of ether oxygens (including phenoxy) is 1. The molecule has 0 unspecified atom stereocenters. The standard InChI is InChI=1S/C12H19N3O2/c1-10-9-14-4-3-11(10)12(16)15-6-5-13-7-8-17-2/h3-4,9,13H,5-8H2,1-2H3,(H,15,16). The third-order valence-corrected chi connectivity index (χ3v) is 2.34. The van der Waals surface area contributed by atoms with Crippen LogP contribution in [0.5, 0.6) is 0 Å². The molecule has 0 saturated heterocycles. The molecule has 94 valence electrons. The van der Waals surface area contributed by atoms with Crippen molar-refractivity contribution in [1.29, 1.82) is 0 Å². The molecule has 1 rings (SSSR count). The van der Waals surface area contributed by atoms with Crippen molar-refractivity contribution in [1.82, 2.24) is 15.6 Å². The van der Waals surface area contributed by atoms with E-state index in [1.165, 1.54) is 0 Å². The number of carbonyl (C=O) groups excluding carboxylic acids is 1. The number of amides is 1. The molecule has 0 saturated carbocycles. The Labute approximate surface area is 102 Å². The zero-order valence-corrected chi connectivity index (χ0v) is 10.3. The molecular weight excluding hydrogens is 218 g/mol. The molecule has 1 aromatic rings. The van der Waals surface area contributed by atoms with Gasteiger partial charge >= 0.3 is 0 Å². The first-order valence-corrected chi connectivity index (χ1v) is 5.64. The second-order valence-electron chi connectivity index (χ2n) is 3.69. The highest BCUT2D eigenvalue weighted by Crippen LogP contribution is 2.03. The quantitative estimate of drug-likeness (QED) is 0.672. The lowest BCUT2D eigenvalue weighted by molar-refractivity contribution is 0.0953. The number of nitrogens with one attached hydrogen (secondary N) is 2. The molecule has 0 bridgehead atoms. The molecule has 0 fully saturated rings. The maximum Gasteiger partial charge on any atom is 0.251 e. The summed E-state index contributed by atoms with van der Waals surface area (Å²) in [6, 6.07) is 1.73. The average molecular weight is 237 g/mol. The molecule has 1 aromatic heterocycles. The highest BCUT2D eigenvalue weighted by atomic mass is 16.5. The number of pyridine rings is 1. The molecule has 0 aliphatic carbocycles. The molecule has 17 heavy (non-hydrogen) atoms. The number of hydrogen-bond donors (Lipinski definition) is 2. The summed E-state index contributed by atoms with van der Waals surface area (Å²) < 4.78 is 4.90. The first-order chi connectivity index (χ1) is 8.25. The van der Waals surface area contributed by atoms with Crippen LogP contribution in [0.4, 0.5) is 0 Å². The highest BCUT2D eigenvalue weighted by molar-refractivity contribution is 5.95. The van der Waals surface area contributed by atoms with Crippen LogP contribution in [0.15, 0.2) is 18.5 Å². The summed E-state index contributed by atoms with van der Waals surface area (Å²) in [7, 11) is 1.66. The minimum Gasteiger partial charge on any atom is -0.383 e.